The number of carbonyl (C=O) groups excluding carboxylic acids is 1. The molecule has 0 bridgehead atoms. The number of carbonyl (C=O) groups is 1. The molecule has 1 aliphatic rings. The third-order valence-corrected chi connectivity index (χ3v) is 3.24. The van der Waals surface area contributed by atoms with Gasteiger partial charge < -0.3 is 4.90 Å². The summed E-state index contributed by atoms with van der Waals surface area (Å²) in [5, 5.41) is 0. The Kier molecular flexibility index (Phi) is 3.46. The molecule has 0 aliphatic carbocycles. The van der Waals surface area contributed by atoms with Crippen LogP contribution in [-0.2, 0) is 0 Å². The first-order valence-corrected chi connectivity index (χ1v) is 6.11. The lowest BCUT2D eigenvalue weighted by Crippen LogP contribution is -2.28. The van der Waals surface area contributed by atoms with Gasteiger partial charge in [0.05, 0.1) is 6.54 Å². The van der Waals surface area contributed by atoms with Crippen molar-refractivity contribution >= 4 is 5.91 Å². The Balaban J connectivity index is 2.09. The normalized spacial score (nSPS) is 20.0. The molecule has 3 heteroatoms. The Morgan fingerprint density at radius 3 is 2.47 bits per heavy atom. The van der Waals surface area contributed by atoms with E-state index in [-0.39, 0.29) is 12.5 Å². The molecule has 1 aromatic rings. The molecule has 2 nitrogen and oxygen atoms in total. The van der Waals surface area contributed by atoms with Crippen molar-refractivity contribution in [3.05, 3.63) is 35.4 Å². The molecule has 1 atom stereocenters. The lowest BCUT2D eigenvalue weighted by molar-refractivity contribution is 0.0783. The van der Waals surface area contributed by atoms with Crippen LogP contribution in [0.2, 0.25) is 0 Å². The summed E-state index contributed by atoms with van der Waals surface area (Å²) in [6.07, 6.45) is -0.385. The molecule has 0 unspecified atom stereocenters. The first-order valence-electron chi connectivity index (χ1n) is 6.11. The highest BCUT2D eigenvalue weighted by Gasteiger charge is 2.26. The van der Waals surface area contributed by atoms with Crippen molar-refractivity contribution in [1.82, 2.24) is 4.90 Å². The van der Waals surface area contributed by atoms with Crippen molar-refractivity contribution in [2.24, 2.45) is 0 Å². The minimum absolute atomic E-state index is 0.0551. The van der Waals surface area contributed by atoms with Gasteiger partial charge in [-0.2, -0.15) is 0 Å². The third kappa shape index (κ3) is 2.65. The number of hydrogen-bond acceptors (Lipinski definition) is 1. The highest BCUT2D eigenvalue weighted by molar-refractivity contribution is 5.94. The Morgan fingerprint density at radius 2 is 2.00 bits per heavy atom. The maximum Gasteiger partial charge on any atom is 0.253 e. The maximum atomic E-state index is 13.0. The Labute approximate surface area is 101 Å². The number of hydrogen-bond donors (Lipinski definition) is 0. The van der Waals surface area contributed by atoms with Gasteiger partial charge in [-0.1, -0.05) is 26.0 Å². The molecule has 0 N–H and O–H groups in total. The van der Waals surface area contributed by atoms with Crippen LogP contribution in [0.1, 0.15) is 42.1 Å². The van der Waals surface area contributed by atoms with Gasteiger partial charge in [0.2, 0.25) is 0 Å². The van der Waals surface area contributed by atoms with Crippen molar-refractivity contribution in [1.29, 1.82) is 0 Å². The van der Waals surface area contributed by atoms with Gasteiger partial charge in [0.1, 0.15) is 6.17 Å². The van der Waals surface area contributed by atoms with E-state index in [4.69, 9.17) is 0 Å². The number of alkyl halides is 1. The molecule has 1 aliphatic heterocycles. The monoisotopic (exact) mass is 235 g/mol. The van der Waals surface area contributed by atoms with E-state index in [9.17, 15) is 9.18 Å². The lowest BCUT2D eigenvalue weighted by Gasteiger charge is -2.15. The zero-order valence-corrected chi connectivity index (χ0v) is 10.3. The molecule has 1 fully saturated rings. The molecule has 92 valence electrons. The highest BCUT2D eigenvalue weighted by Crippen LogP contribution is 2.18. The van der Waals surface area contributed by atoms with E-state index < -0.39 is 6.17 Å². The van der Waals surface area contributed by atoms with Gasteiger partial charge in [-0.25, -0.2) is 4.39 Å². The van der Waals surface area contributed by atoms with E-state index in [1.807, 2.05) is 24.3 Å². The molecular formula is C14H18FNO. The Morgan fingerprint density at radius 1 is 1.35 bits per heavy atom. The van der Waals surface area contributed by atoms with E-state index in [0.717, 1.165) is 0 Å². The summed E-state index contributed by atoms with van der Waals surface area (Å²) in [6.45, 7) is 5.01. The van der Waals surface area contributed by atoms with Crippen LogP contribution in [0.15, 0.2) is 24.3 Å². The van der Waals surface area contributed by atoms with E-state index in [0.29, 0.717) is 24.4 Å². The van der Waals surface area contributed by atoms with Crippen molar-refractivity contribution in [3.63, 3.8) is 0 Å². The second kappa shape index (κ2) is 4.86. The first kappa shape index (κ1) is 12.1. The van der Waals surface area contributed by atoms with Crippen molar-refractivity contribution < 1.29 is 9.18 Å². The number of nitrogens with zero attached hydrogens (tertiary/aromatic N) is 1. The largest absolute Gasteiger partial charge is 0.336 e. The standard InChI is InChI=1S/C14H18FNO/c1-10(2)11-3-5-12(6-4-11)14(17)16-8-7-13(15)9-16/h3-6,10,13H,7-9H2,1-2H3/t13-/m0/s1. The number of likely N-dealkylation sites (tertiary alicyclic amines) is 1. The topological polar surface area (TPSA) is 20.3 Å². The Hall–Kier alpha value is -1.38. The quantitative estimate of drug-likeness (QED) is 0.771. The second-order valence-electron chi connectivity index (χ2n) is 4.91. The predicted octanol–water partition coefficient (Wildman–Crippen LogP) is 2.99. The molecule has 0 saturated carbocycles. The van der Waals surface area contributed by atoms with Crippen LogP contribution in [0.3, 0.4) is 0 Å². The summed E-state index contributed by atoms with van der Waals surface area (Å²) < 4.78 is 13.0. The molecule has 0 spiro atoms. The van der Waals surface area contributed by atoms with Crippen molar-refractivity contribution in [2.45, 2.75) is 32.4 Å². The van der Waals surface area contributed by atoms with E-state index in [1.165, 1.54) is 5.56 Å². The molecule has 2 rings (SSSR count). The third-order valence-electron chi connectivity index (χ3n) is 3.24. The Bertz CT molecular complexity index is 399. The minimum atomic E-state index is -0.853. The van der Waals surface area contributed by atoms with Crippen LogP contribution in [0.4, 0.5) is 4.39 Å². The molecular weight excluding hydrogens is 217 g/mol. The van der Waals surface area contributed by atoms with Crippen LogP contribution in [0, 0.1) is 0 Å². The van der Waals surface area contributed by atoms with E-state index in [2.05, 4.69) is 13.8 Å². The summed E-state index contributed by atoms with van der Waals surface area (Å²) in [6, 6.07) is 7.62. The van der Waals surface area contributed by atoms with Gasteiger partial charge in [0.25, 0.3) is 5.91 Å². The summed E-state index contributed by atoms with van der Waals surface area (Å²) in [7, 11) is 0. The lowest BCUT2D eigenvalue weighted by atomic mass is 10.0. The fourth-order valence-electron chi connectivity index (χ4n) is 2.10. The van der Waals surface area contributed by atoms with Crippen LogP contribution in [0.5, 0.6) is 0 Å². The summed E-state index contributed by atoms with van der Waals surface area (Å²) in [5.74, 6) is 0.404. The van der Waals surface area contributed by atoms with E-state index >= 15 is 0 Å². The average molecular weight is 235 g/mol. The van der Waals surface area contributed by atoms with Crippen molar-refractivity contribution in [2.75, 3.05) is 13.1 Å². The van der Waals surface area contributed by atoms with Gasteiger partial charge in [0, 0.05) is 12.1 Å². The minimum Gasteiger partial charge on any atom is -0.336 e. The van der Waals surface area contributed by atoms with Crippen molar-refractivity contribution in [3.8, 4) is 0 Å². The summed E-state index contributed by atoms with van der Waals surface area (Å²) >= 11 is 0. The molecule has 1 saturated heterocycles. The van der Waals surface area contributed by atoms with E-state index in [1.54, 1.807) is 4.90 Å². The predicted molar refractivity (Wildman–Crippen MR) is 65.9 cm³/mol. The molecule has 1 aromatic carbocycles. The zero-order valence-electron chi connectivity index (χ0n) is 10.3. The van der Waals surface area contributed by atoms with Gasteiger partial charge in [-0.15, -0.1) is 0 Å². The number of halogens is 1. The van der Waals surface area contributed by atoms with Crippen LogP contribution < -0.4 is 0 Å². The van der Waals surface area contributed by atoms with Gasteiger partial charge in [-0.3, -0.25) is 4.79 Å². The fraction of sp³-hybridized carbons (Fsp3) is 0.500. The van der Waals surface area contributed by atoms with Crippen LogP contribution in [-0.4, -0.2) is 30.1 Å². The maximum absolute atomic E-state index is 13.0. The molecule has 1 heterocycles. The zero-order chi connectivity index (χ0) is 12.4. The molecule has 1 amide bonds. The van der Waals surface area contributed by atoms with Crippen LogP contribution >= 0.6 is 0 Å². The SMILES string of the molecule is CC(C)c1ccc(C(=O)N2CC[C@H](F)C2)cc1. The first-order chi connectivity index (χ1) is 8.08. The number of benzene rings is 1. The van der Waals surface area contributed by atoms with Gasteiger partial charge in [0.15, 0.2) is 0 Å². The van der Waals surface area contributed by atoms with Gasteiger partial charge >= 0.3 is 0 Å². The molecule has 17 heavy (non-hydrogen) atoms. The van der Waals surface area contributed by atoms with Crippen LogP contribution in [0.25, 0.3) is 0 Å². The average Bonchev–Trinajstić information content (AvgIpc) is 2.75. The smallest absolute Gasteiger partial charge is 0.253 e. The molecule has 0 aromatic heterocycles. The fourth-order valence-corrected chi connectivity index (χ4v) is 2.10. The summed E-state index contributed by atoms with van der Waals surface area (Å²) in [5.41, 5.74) is 1.87. The highest BCUT2D eigenvalue weighted by atomic mass is 19.1. The number of rotatable bonds is 2. The summed E-state index contributed by atoms with van der Waals surface area (Å²) in [4.78, 5) is 13.6. The number of amides is 1. The second-order valence-corrected chi connectivity index (χ2v) is 4.91. The van der Waals surface area contributed by atoms with Gasteiger partial charge in [-0.05, 0) is 30.0 Å². The molecule has 0 radical (unpaired) electrons.